The van der Waals surface area contributed by atoms with Gasteiger partial charge in [0.1, 0.15) is 0 Å². The van der Waals surface area contributed by atoms with Crippen LogP contribution >= 0.6 is 11.6 Å². The molecule has 2 unspecified atom stereocenters. The Morgan fingerprint density at radius 1 is 1.43 bits per heavy atom. The van der Waals surface area contributed by atoms with Crippen LogP contribution in [0, 0.1) is 12.8 Å². The van der Waals surface area contributed by atoms with Crippen LogP contribution in [0.3, 0.4) is 0 Å². The average Bonchev–Trinajstić information content (AvgIpc) is 3.10. The molecule has 2 aromatic rings. The minimum atomic E-state index is -0.0933. The maximum absolute atomic E-state index is 12.8. The third-order valence-electron chi connectivity index (χ3n) is 4.43. The first kappa shape index (κ1) is 16.0. The predicted octanol–water partition coefficient (Wildman–Crippen LogP) is 2.04. The molecule has 1 aliphatic heterocycles. The molecule has 7 heteroatoms. The van der Waals surface area contributed by atoms with Crippen molar-refractivity contribution in [2.45, 2.75) is 26.3 Å². The van der Waals surface area contributed by atoms with Crippen LogP contribution in [0.4, 0.5) is 0 Å². The zero-order chi connectivity index (χ0) is 16.6. The number of rotatable bonds is 3. The third kappa shape index (κ3) is 2.84. The van der Waals surface area contributed by atoms with E-state index in [9.17, 15) is 4.79 Å². The molecule has 0 saturated carbocycles. The van der Waals surface area contributed by atoms with E-state index in [1.165, 1.54) is 0 Å². The van der Waals surface area contributed by atoms with Crippen LogP contribution in [-0.2, 0) is 0 Å². The predicted molar refractivity (Wildman–Crippen MR) is 88.8 cm³/mol. The minimum absolute atomic E-state index is 0.0933. The van der Waals surface area contributed by atoms with Crippen molar-refractivity contribution in [3.8, 4) is 5.69 Å². The van der Waals surface area contributed by atoms with E-state index in [4.69, 9.17) is 17.3 Å². The van der Waals surface area contributed by atoms with E-state index in [2.05, 4.69) is 10.3 Å². The van der Waals surface area contributed by atoms with Gasteiger partial charge in [0.15, 0.2) is 5.69 Å². The number of nitrogens with two attached hydrogens (primary N) is 1. The summed E-state index contributed by atoms with van der Waals surface area (Å²) in [6, 6.07) is 7.52. The van der Waals surface area contributed by atoms with Crippen molar-refractivity contribution in [2.75, 3.05) is 13.1 Å². The molecule has 2 heterocycles. The first-order valence-electron chi connectivity index (χ1n) is 7.71. The monoisotopic (exact) mass is 333 g/mol. The molecule has 0 spiro atoms. The lowest BCUT2D eigenvalue weighted by molar-refractivity contribution is 0.0736. The van der Waals surface area contributed by atoms with E-state index in [1.807, 2.05) is 36.9 Å². The zero-order valence-electron chi connectivity index (χ0n) is 13.2. The van der Waals surface area contributed by atoms with E-state index >= 15 is 0 Å². The SMILES string of the molecule is Cc1c(C(=O)N2CC(CN)CC2C)nnn1-c1ccccc1Cl. The lowest BCUT2D eigenvalue weighted by atomic mass is 10.1. The van der Waals surface area contributed by atoms with Gasteiger partial charge in [0.05, 0.1) is 16.4 Å². The van der Waals surface area contributed by atoms with Gasteiger partial charge in [-0.15, -0.1) is 5.10 Å². The number of amides is 1. The van der Waals surface area contributed by atoms with Crippen LogP contribution in [-0.4, -0.2) is 44.9 Å². The summed E-state index contributed by atoms with van der Waals surface area (Å²) in [5.41, 5.74) is 7.51. The van der Waals surface area contributed by atoms with Crippen LogP contribution < -0.4 is 5.73 Å². The Morgan fingerprint density at radius 2 is 2.17 bits per heavy atom. The molecular formula is C16H20ClN5O. The summed E-state index contributed by atoms with van der Waals surface area (Å²) in [7, 11) is 0. The summed E-state index contributed by atoms with van der Waals surface area (Å²) in [6.07, 6.45) is 0.930. The fourth-order valence-corrected chi connectivity index (χ4v) is 3.33. The highest BCUT2D eigenvalue weighted by molar-refractivity contribution is 6.32. The summed E-state index contributed by atoms with van der Waals surface area (Å²) < 4.78 is 1.61. The number of hydrogen-bond donors (Lipinski definition) is 1. The number of hydrogen-bond acceptors (Lipinski definition) is 4. The molecule has 0 radical (unpaired) electrons. The molecule has 0 aliphatic carbocycles. The highest BCUT2D eigenvalue weighted by atomic mass is 35.5. The van der Waals surface area contributed by atoms with E-state index < -0.39 is 0 Å². The number of halogens is 1. The van der Waals surface area contributed by atoms with Crippen LogP contribution in [0.5, 0.6) is 0 Å². The number of carbonyl (C=O) groups excluding carboxylic acids is 1. The topological polar surface area (TPSA) is 77.0 Å². The number of nitrogens with zero attached hydrogens (tertiary/aromatic N) is 4. The van der Waals surface area contributed by atoms with Gasteiger partial charge >= 0.3 is 0 Å². The van der Waals surface area contributed by atoms with E-state index in [-0.39, 0.29) is 11.9 Å². The Morgan fingerprint density at radius 3 is 2.83 bits per heavy atom. The normalized spacial score (nSPS) is 21.0. The van der Waals surface area contributed by atoms with E-state index in [0.29, 0.717) is 41.1 Å². The maximum atomic E-state index is 12.8. The van der Waals surface area contributed by atoms with Gasteiger partial charge in [0.2, 0.25) is 0 Å². The summed E-state index contributed by atoms with van der Waals surface area (Å²) in [5.74, 6) is 0.261. The number of likely N-dealkylation sites (tertiary alicyclic amines) is 1. The Bertz CT molecular complexity index is 729. The third-order valence-corrected chi connectivity index (χ3v) is 4.75. The fourth-order valence-electron chi connectivity index (χ4n) is 3.11. The Hall–Kier alpha value is -1.92. The van der Waals surface area contributed by atoms with Gasteiger partial charge in [-0.3, -0.25) is 4.79 Å². The number of aromatic nitrogens is 3. The lowest BCUT2D eigenvalue weighted by Gasteiger charge is -2.20. The minimum Gasteiger partial charge on any atom is -0.334 e. The van der Waals surface area contributed by atoms with Gasteiger partial charge < -0.3 is 10.6 Å². The Balaban J connectivity index is 1.91. The molecular weight excluding hydrogens is 314 g/mol. The Kier molecular flexibility index (Phi) is 4.37. The molecule has 1 saturated heterocycles. The van der Waals surface area contributed by atoms with Crippen LogP contribution in [0.2, 0.25) is 5.02 Å². The Labute approximate surface area is 140 Å². The van der Waals surface area contributed by atoms with Crippen LogP contribution in [0.1, 0.15) is 29.5 Å². The molecule has 23 heavy (non-hydrogen) atoms. The molecule has 1 aromatic heterocycles. The van der Waals surface area contributed by atoms with Gasteiger partial charge in [0.25, 0.3) is 5.91 Å². The molecule has 6 nitrogen and oxygen atoms in total. The average molecular weight is 334 g/mol. The zero-order valence-corrected chi connectivity index (χ0v) is 14.0. The number of para-hydroxylation sites is 1. The van der Waals surface area contributed by atoms with E-state index in [0.717, 1.165) is 6.42 Å². The number of benzene rings is 1. The molecule has 1 amide bonds. The lowest BCUT2D eigenvalue weighted by Crippen LogP contribution is -2.35. The van der Waals surface area contributed by atoms with Gasteiger partial charge in [-0.2, -0.15) is 0 Å². The first-order valence-corrected chi connectivity index (χ1v) is 8.09. The molecule has 0 bridgehead atoms. The smallest absolute Gasteiger partial charge is 0.276 e. The fraction of sp³-hybridized carbons (Fsp3) is 0.438. The van der Waals surface area contributed by atoms with Gasteiger partial charge in [-0.25, -0.2) is 4.68 Å². The molecule has 1 aliphatic rings. The van der Waals surface area contributed by atoms with Crippen molar-refractivity contribution in [3.05, 3.63) is 40.7 Å². The highest BCUT2D eigenvalue weighted by Crippen LogP contribution is 2.26. The summed E-state index contributed by atoms with van der Waals surface area (Å²) >= 11 is 6.21. The first-order chi connectivity index (χ1) is 11.0. The van der Waals surface area contributed by atoms with Crippen LogP contribution in [0.15, 0.2) is 24.3 Å². The van der Waals surface area contributed by atoms with Gasteiger partial charge in [0, 0.05) is 12.6 Å². The molecule has 2 atom stereocenters. The maximum Gasteiger partial charge on any atom is 0.276 e. The molecule has 2 N–H and O–H groups in total. The second kappa shape index (κ2) is 6.29. The molecule has 1 aromatic carbocycles. The van der Waals surface area contributed by atoms with Crippen molar-refractivity contribution in [2.24, 2.45) is 11.7 Å². The summed E-state index contributed by atoms with van der Waals surface area (Å²) in [5, 5.41) is 8.78. The van der Waals surface area contributed by atoms with Crippen molar-refractivity contribution in [1.29, 1.82) is 0 Å². The number of carbonyl (C=O) groups is 1. The van der Waals surface area contributed by atoms with Crippen molar-refractivity contribution in [1.82, 2.24) is 19.9 Å². The second-order valence-corrected chi connectivity index (χ2v) is 6.44. The van der Waals surface area contributed by atoms with Crippen molar-refractivity contribution >= 4 is 17.5 Å². The summed E-state index contributed by atoms with van der Waals surface area (Å²) in [4.78, 5) is 14.6. The molecule has 3 rings (SSSR count). The molecule has 1 fully saturated rings. The van der Waals surface area contributed by atoms with Gasteiger partial charge in [-0.1, -0.05) is 28.9 Å². The second-order valence-electron chi connectivity index (χ2n) is 6.03. The van der Waals surface area contributed by atoms with E-state index in [1.54, 1.807) is 10.7 Å². The van der Waals surface area contributed by atoms with Crippen LogP contribution in [0.25, 0.3) is 5.69 Å². The summed E-state index contributed by atoms with van der Waals surface area (Å²) in [6.45, 7) is 5.15. The largest absolute Gasteiger partial charge is 0.334 e. The molecule has 122 valence electrons. The van der Waals surface area contributed by atoms with Crippen molar-refractivity contribution < 1.29 is 4.79 Å². The standard InChI is InChI=1S/C16H20ClN5O/c1-10-7-12(8-18)9-21(10)16(23)15-11(2)22(20-19-15)14-6-4-3-5-13(14)17/h3-6,10,12H,7-9,18H2,1-2H3. The quantitative estimate of drug-likeness (QED) is 0.932. The van der Waals surface area contributed by atoms with Gasteiger partial charge in [-0.05, 0) is 44.9 Å². The van der Waals surface area contributed by atoms with Crippen molar-refractivity contribution in [3.63, 3.8) is 0 Å². The highest BCUT2D eigenvalue weighted by Gasteiger charge is 2.34.